The second-order valence-electron chi connectivity index (χ2n) is 5.92. The number of ether oxygens (including phenoxy) is 1. The average molecular weight is 433 g/mol. The molecule has 0 aliphatic heterocycles. The SMILES string of the molecule is N#C/C(=C\c1cc(Br)ccc1OCc1ccccc1C#N)c1cccc(F)c1. The summed E-state index contributed by atoms with van der Waals surface area (Å²) in [5, 5.41) is 18.8. The van der Waals surface area contributed by atoms with E-state index in [1.54, 1.807) is 36.4 Å². The van der Waals surface area contributed by atoms with Gasteiger partial charge in [-0.05, 0) is 48.0 Å². The van der Waals surface area contributed by atoms with Crippen LogP contribution in [0, 0.1) is 28.5 Å². The zero-order chi connectivity index (χ0) is 19.9. The minimum Gasteiger partial charge on any atom is -0.488 e. The van der Waals surface area contributed by atoms with Crippen LogP contribution in [0.4, 0.5) is 4.39 Å². The highest BCUT2D eigenvalue weighted by Crippen LogP contribution is 2.29. The van der Waals surface area contributed by atoms with Gasteiger partial charge in [-0.2, -0.15) is 10.5 Å². The first-order chi connectivity index (χ1) is 13.6. The Morgan fingerprint density at radius 1 is 1.04 bits per heavy atom. The number of allylic oxidation sites excluding steroid dienone is 1. The maximum atomic E-state index is 13.5. The van der Waals surface area contributed by atoms with Crippen molar-refractivity contribution in [1.29, 1.82) is 10.5 Å². The number of nitriles is 2. The molecule has 0 amide bonds. The standard InChI is InChI=1S/C23H14BrFN2O/c24-21-8-9-23(28-15-18-5-2-1-4-17(18)13-26)19(11-21)10-20(14-27)16-6-3-7-22(25)12-16/h1-12H,15H2/b20-10+. The Kier molecular flexibility index (Phi) is 6.22. The van der Waals surface area contributed by atoms with Gasteiger partial charge in [0, 0.05) is 15.6 Å². The molecule has 0 heterocycles. The summed E-state index contributed by atoms with van der Waals surface area (Å²) in [7, 11) is 0. The van der Waals surface area contributed by atoms with E-state index in [1.807, 2.05) is 24.3 Å². The summed E-state index contributed by atoms with van der Waals surface area (Å²) in [6.45, 7) is 0.216. The number of benzene rings is 3. The molecule has 5 heteroatoms. The van der Waals surface area contributed by atoms with Crippen molar-refractivity contribution in [2.75, 3.05) is 0 Å². The van der Waals surface area contributed by atoms with Crippen molar-refractivity contribution < 1.29 is 9.13 Å². The van der Waals surface area contributed by atoms with Gasteiger partial charge in [-0.25, -0.2) is 4.39 Å². The maximum Gasteiger partial charge on any atom is 0.127 e. The molecule has 3 nitrogen and oxygen atoms in total. The van der Waals surface area contributed by atoms with Gasteiger partial charge < -0.3 is 4.74 Å². The summed E-state index contributed by atoms with van der Waals surface area (Å²) in [6.07, 6.45) is 1.66. The molecule has 0 unspecified atom stereocenters. The van der Waals surface area contributed by atoms with E-state index in [-0.39, 0.29) is 6.61 Å². The Labute approximate surface area is 171 Å². The predicted molar refractivity (Wildman–Crippen MR) is 110 cm³/mol. The van der Waals surface area contributed by atoms with E-state index < -0.39 is 5.82 Å². The van der Waals surface area contributed by atoms with Crippen LogP contribution in [-0.2, 0) is 6.61 Å². The summed E-state index contributed by atoms with van der Waals surface area (Å²) in [6, 6.07) is 22.8. The van der Waals surface area contributed by atoms with Crippen molar-refractivity contribution in [3.63, 3.8) is 0 Å². The van der Waals surface area contributed by atoms with Crippen molar-refractivity contribution in [2.24, 2.45) is 0 Å². The quantitative estimate of drug-likeness (QED) is 0.361. The molecular formula is C23H14BrFN2O. The summed E-state index contributed by atoms with van der Waals surface area (Å²) in [5.74, 6) is 0.151. The zero-order valence-corrected chi connectivity index (χ0v) is 16.3. The van der Waals surface area contributed by atoms with E-state index in [0.717, 1.165) is 10.0 Å². The van der Waals surface area contributed by atoms with Crippen LogP contribution in [0.2, 0.25) is 0 Å². The molecule has 0 atom stereocenters. The van der Waals surface area contributed by atoms with Crippen LogP contribution in [0.5, 0.6) is 5.75 Å². The van der Waals surface area contributed by atoms with E-state index in [2.05, 4.69) is 28.1 Å². The molecule has 0 aliphatic rings. The second kappa shape index (κ2) is 8.99. The Morgan fingerprint density at radius 2 is 1.86 bits per heavy atom. The summed E-state index contributed by atoms with van der Waals surface area (Å²) < 4.78 is 20.3. The largest absolute Gasteiger partial charge is 0.488 e. The van der Waals surface area contributed by atoms with Crippen molar-refractivity contribution in [3.05, 3.63) is 99.3 Å². The lowest BCUT2D eigenvalue weighted by atomic mass is 10.0. The fourth-order valence-electron chi connectivity index (χ4n) is 2.67. The molecule has 0 saturated carbocycles. The molecule has 136 valence electrons. The van der Waals surface area contributed by atoms with Gasteiger partial charge in [-0.3, -0.25) is 0 Å². The molecule has 0 aliphatic carbocycles. The first-order valence-electron chi connectivity index (χ1n) is 8.39. The molecular weight excluding hydrogens is 419 g/mol. The maximum absolute atomic E-state index is 13.5. The minimum absolute atomic E-state index is 0.216. The Morgan fingerprint density at radius 3 is 2.61 bits per heavy atom. The van der Waals surface area contributed by atoms with Crippen LogP contribution in [0.1, 0.15) is 22.3 Å². The third kappa shape index (κ3) is 4.65. The van der Waals surface area contributed by atoms with Gasteiger partial charge in [0.25, 0.3) is 0 Å². The van der Waals surface area contributed by atoms with Crippen molar-refractivity contribution in [3.8, 4) is 17.9 Å². The first-order valence-corrected chi connectivity index (χ1v) is 9.18. The number of hydrogen-bond acceptors (Lipinski definition) is 3. The van der Waals surface area contributed by atoms with E-state index >= 15 is 0 Å². The van der Waals surface area contributed by atoms with Crippen LogP contribution in [0.25, 0.3) is 11.6 Å². The van der Waals surface area contributed by atoms with Gasteiger partial charge in [0.15, 0.2) is 0 Å². The highest BCUT2D eigenvalue weighted by molar-refractivity contribution is 9.10. The van der Waals surface area contributed by atoms with Crippen molar-refractivity contribution in [2.45, 2.75) is 6.61 Å². The monoisotopic (exact) mass is 432 g/mol. The van der Waals surface area contributed by atoms with Crippen molar-refractivity contribution in [1.82, 2.24) is 0 Å². The van der Waals surface area contributed by atoms with E-state index in [1.165, 1.54) is 12.1 Å². The van der Waals surface area contributed by atoms with Crippen LogP contribution in [0.3, 0.4) is 0 Å². The second-order valence-corrected chi connectivity index (χ2v) is 6.84. The molecule has 0 N–H and O–H groups in total. The third-order valence-corrected chi connectivity index (χ3v) is 4.54. The molecule has 0 aromatic heterocycles. The fraction of sp³-hybridized carbons (Fsp3) is 0.0435. The third-order valence-electron chi connectivity index (χ3n) is 4.05. The number of halogens is 2. The Balaban J connectivity index is 1.95. The summed E-state index contributed by atoms with van der Waals surface area (Å²) in [4.78, 5) is 0. The van der Waals surface area contributed by atoms with E-state index in [9.17, 15) is 14.9 Å². The minimum atomic E-state index is -0.405. The van der Waals surface area contributed by atoms with Crippen LogP contribution < -0.4 is 4.74 Å². The topological polar surface area (TPSA) is 56.8 Å². The van der Waals surface area contributed by atoms with E-state index in [4.69, 9.17) is 4.74 Å². The van der Waals surface area contributed by atoms with Gasteiger partial charge >= 0.3 is 0 Å². The Hall–Kier alpha value is -3.41. The smallest absolute Gasteiger partial charge is 0.127 e. The molecule has 3 aromatic rings. The van der Waals surface area contributed by atoms with Gasteiger partial charge in [0.2, 0.25) is 0 Å². The average Bonchev–Trinajstić information content (AvgIpc) is 2.71. The molecule has 0 bridgehead atoms. The van der Waals surface area contributed by atoms with Crippen LogP contribution in [-0.4, -0.2) is 0 Å². The highest BCUT2D eigenvalue weighted by Gasteiger charge is 2.09. The van der Waals surface area contributed by atoms with Gasteiger partial charge in [-0.15, -0.1) is 0 Å². The first kappa shape index (κ1) is 19.4. The molecule has 3 rings (SSSR count). The van der Waals surface area contributed by atoms with Crippen LogP contribution >= 0.6 is 15.9 Å². The number of nitrogens with zero attached hydrogens (tertiary/aromatic N) is 2. The predicted octanol–water partition coefficient (Wildman–Crippen LogP) is 6.10. The zero-order valence-electron chi connectivity index (χ0n) is 14.7. The molecule has 3 aromatic carbocycles. The normalized spacial score (nSPS) is 10.8. The molecule has 0 spiro atoms. The van der Waals surface area contributed by atoms with Gasteiger partial charge in [0.05, 0.1) is 23.3 Å². The fourth-order valence-corrected chi connectivity index (χ4v) is 3.04. The molecule has 28 heavy (non-hydrogen) atoms. The lowest BCUT2D eigenvalue weighted by Crippen LogP contribution is -1.99. The lowest BCUT2D eigenvalue weighted by Gasteiger charge is -2.11. The summed E-state index contributed by atoms with van der Waals surface area (Å²) in [5.41, 5.74) is 2.80. The summed E-state index contributed by atoms with van der Waals surface area (Å²) >= 11 is 3.42. The van der Waals surface area contributed by atoms with E-state index in [0.29, 0.717) is 28.0 Å². The van der Waals surface area contributed by atoms with Gasteiger partial charge in [0.1, 0.15) is 18.2 Å². The van der Waals surface area contributed by atoms with Crippen LogP contribution in [0.15, 0.2) is 71.2 Å². The highest BCUT2D eigenvalue weighted by atomic mass is 79.9. The molecule has 0 saturated heterocycles. The lowest BCUT2D eigenvalue weighted by molar-refractivity contribution is 0.305. The number of hydrogen-bond donors (Lipinski definition) is 0. The van der Waals surface area contributed by atoms with Gasteiger partial charge in [-0.1, -0.05) is 46.3 Å². The molecule has 0 fully saturated rings. The number of rotatable bonds is 5. The Bertz CT molecular complexity index is 1130. The molecule has 0 radical (unpaired) electrons. The van der Waals surface area contributed by atoms with Crippen molar-refractivity contribution >= 4 is 27.6 Å².